The molecule has 0 amide bonds. The van der Waals surface area contributed by atoms with Gasteiger partial charge >= 0.3 is 0 Å². The van der Waals surface area contributed by atoms with Crippen LogP contribution in [0.4, 0.5) is 0 Å². The monoisotopic (exact) mass is 372 g/mol. The van der Waals surface area contributed by atoms with Gasteiger partial charge < -0.3 is 0 Å². The lowest BCUT2D eigenvalue weighted by molar-refractivity contribution is -0.633. The van der Waals surface area contributed by atoms with Gasteiger partial charge in [-0.2, -0.15) is 4.57 Å². The molecular weight excluding hydrogens is 338 g/mol. The Morgan fingerprint density at radius 1 is 1.00 bits per heavy atom. The topological polar surface area (TPSA) is 3.88 Å². The minimum Gasteiger partial charge on any atom is -0.194 e. The van der Waals surface area contributed by atoms with Crippen LogP contribution in [0.5, 0.6) is 0 Å². The van der Waals surface area contributed by atoms with Crippen molar-refractivity contribution >= 4 is 10.9 Å². The average Bonchev–Trinajstić information content (AvgIpc) is 3.21. The third kappa shape index (κ3) is 3.48. The van der Waals surface area contributed by atoms with Crippen molar-refractivity contribution in [2.75, 3.05) is 0 Å². The summed E-state index contributed by atoms with van der Waals surface area (Å²) in [6.45, 7) is 9.21. The summed E-state index contributed by atoms with van der Waals surface area (Å²) in [7, 11) is 2.23. The molecule has 28 heavy (non-hydrogen) atoms. The van der Waals surface area contributed by atoms with Gasteiger partial charge in [0, 0.05) is 23.1 Å². The van der Waals surface area contributed by atoms with E-state index in [1.807, 2.05) is 0 Å². The lowest BCUT2D eigenvalue weighted by Gasteiger charge is -2.17. The molecule has 1 aliphatic carbocycles. The molecule has 3 aromatic rings. The third-order valence-corrected chi connectivity index (χ3v) is 6.70. The van der Waals surface area contributed by atoms with Crippen molar-refractivity contribution in [3.05, 3.63) is 64.7 Å². The molecule has 1 heteroatoms. The standard InChI is InChI=1S/C27H34N/c1-18(2)14-23-17-27(28(5)26-13-9-8-12-24(23)26)25-16-22(15-19(3)20(25)4)21-10-6-7-11-21/h8-9,12-13,15-18,21H,6-7,10-11,14H2,1-5H3/q+1. The number of nitrogens with zero attached hydrogens (tertiary/aromatic N) is 1. The predicted octanol–water partition coefficient (Wildman–Crippen LogP) is 6.80. The van der Waals surface area contributed by atoms with E-state index in [0.717, 1.165) is 12.3 Å². The lowest BCUT2D eigenvalue weighted by Crippen LogP contribution is -2.33. The molecule has 1 aromatic heterocycles. The fourth-order valence-corrected chi connectivity index (χ4v) is 5.02. The Morgan fingerprint density at radius 3 is 2.43 bits per heavy atom. The quantitative estimate of drug-likeness (QED) is 0.443. The van der Waals surface area contributed by atoms with Gasteiger partial charge in [0.25, 0.3) is 0 Å². The summed E-state index contributed by atoms with van der Waals surface area (Å²) in [5.74, 6) is 1.40. The molecule has 0 bridgehead atoms. The number of hydrogen-bond donors (Lipinski definition) is 0. The van der Waals surface area contributed by atoms with Crippen molar-refractivity contribution in [3.8, 4) is 11.3 Å². The first kappa shape index (κ1) is 19.2. The highest BCUT2D eigenvalue weighted by Crippen LogP contribution is 2.38. The molecule has 0 saturated heterocycles. The number of hydrogen-bond acceptors (Lipinski definition) is 0. The van der Waals surface area contributed by atoms with Crippen molar-refractivity contribution in [1.82, 2.24) is 0 Å². The van der Waals surface area contributed by atoms with Crippen LogP contribution in [0.25, 0.3) is 22.2 Å². The van der Waals surface area contributed by atoms with Crippen molar-refractivity contribution < 1.29 is 4.57 Å². The Labute approximate surface area is 170 Å². The second kappa shape index (κ2) is 7.70. The zero-order valence-electron chi connectivity index (χ0n) is 18.2. The molecule has 1 heterocycles. The van der Waals surface area contributed by atoms with E-state index >= 15 is 0 Å². The van der Waals surface area contributed by atoms with E-state index < -0.39 is 0 Å². The molecular formula is C27H34N+. The highest BCUT2D eigenvalue weighted by Gasteiger charge is 2.23. The van der Waals surface area contributed by atoms with Gasteiger partial charge in [-0.1, -0.05) is 44.9 Å². The molecule has 1 nitrogen and oxygen atoms in total. The largest absolute Gasteiger partial charge is 0.213 e. The van der Waals surface area contributed by atoms with E-state index in [-0.39, 0.29) is 0 Å². The van der Waals surface area contributed by atoms with Gasteiger partial charge in [-0.3, -0.25) is 0 Å². The zero-order chi connectivity index (χ0) is 19.8. The van der Waals surface area contributed by atoms with Crippen LogP contribution in [0.2, 0.25) is 0 Å². The highest BCUT2D eigenvalue weighted by molar-refractivity contribution is 5.82. The second-order valence-corrected chi connectivity index (χ2v) is 9.22. The number of aromatic nitrogens is 1. The van der Waals surface area contributed by atoms with Gasteiger partial charge in [-0.05, 0) is 79.3 Å². The molecule has 1 aliphatic rings. The Morgan fingerprint density at radius 2 is 1.71 bits per heavy atom. The Hall–Kier alpha value is -2.15. The first-order valence-corrected chi connectivity index (χ1v) is 11.0. The maximum atomic E-state index is 2.50. The molecule has 0 atom stereocenters. The van der Waals surface area contributed by atoms with Crippen LogP contribution in [0.3, 0.4) is 0 Å². The van der Waals surface area contributed by atoms with Crippen molar-refractivity contribution in [2.45, 2.75) is 65.7 Å². The van der Waals surface area contributed by atoms with Crippen molar-refractivity contribution in [2.24, 2.45) is 13.0 Å². The maximum Gasteiger partial charge on any atom is 0.213 e. The van der Waals surface area contributed by atoms with E-state index in [1.54, 1.807) is 5.56 Å². The number of pyridine rings is 1. The first-order valence-electron chi connectivity index (χ1n) is 11.0. The molecule has 0 N–H and O–H groups in total. The summed E-state index contributed by atoms with van der Waals surface area (Å²) in [6, 6.07) is 16.3. The normalized spacial score (nSPS) is 15.1. The van der Waals surface area contributed by atoms with Gasteiger partial charge in [-0.25, -0.2) is 0 Å². The molecule has 0 radical (unpaired) electrons. The molecule has 0 unspecified atom stereocenters. The second-order valence-electron chi connectivity index (χ2n) is 9.22. The van der Waals surface area contributed by atoms with Gasteiger partial charge in [0.1, 0.15) is 7.05 Å². The SMILES string of the molecule is Cc1cc(C2CCCC2)cc(-c2cc(CC(C)C)c3ccccc3[n+]2C)c1C. The molecule has 2 aromatic carbocycles. The number of rotatable bonds is 4. The fraction of sp³-hybridized carbons (Fsp3) is 0.444. The first-order chi connectivity index (χ1) is 13.5. The van der Waals surface area contributed by atoms with Gasteiger partial charge in [0.15, 0.2) is 0 Å². The number of para-hydroxylation sites is 1. The number of aryl methyl sites for hydroxylation is 2. The Bertz CT molecular complexity index is 1010. The van der Waals surface area contributed by atoms with Crippen LogP contribution >= 0.6 is 0 Å². The lowest BCUT2D eigenvalue weighted by atomic mass is 9.89. The molecule has 1 fully saturated rings. The Balaban J connectivity index is 1.94. The van der Waals surface area contributed by atoms with E-state index in [2.05, 4.69) is 81.8 Å². The van der Waals surface area contributed by atoms with Gasteiger partial charge in [-0.15, -0.1) is 0 Å². The van der Waals surface area contributed by atoms with E-state index in [9.17, 15) is 0 Å². The molecule has 4 rings (SSSR count). The number of benzene rings is 2. The maximum absolute atomic E-state index is 2.50. The van der Waals surface area contributed by atoms with Crippen LogP contribution < -0.4 is 4.57 Å². The van der Waals surface area contributed by atoms with Gasteiger partial charge in [0.2, 0.25) is 11.2 Å². The number of fused-ring (bicyclic) bond motifs is 1. The van der Waals surface area contributed by atoms with Crippen LogP contribution in [-0.4, -0.2) is 0 Å². The summed E-state index contributed by atoms with van der Waals surface area (Å²) in [4.78, 5) is 0. The summed E-state index contributed by atoms with van der Waals surface area (Å²) >= 11 is 0. The summed E-state index contributed by atoms with van der Waals surface area (Å²) in [6.07, 6.45) is 6.59. The minimum absolute atomic E-state index is 0.650. The van der Waals surface area contributed by atoms with Crippen LogP contribution in [-0.2, 0) is 13.5 Å². The predicted molar refractivity (Wildman–Crippen MR) is 120 cm³/mol. The molecule has 0 spiro atoms. The van der Waals surface area contributed by atoms with Crippen molar-refractivity contribution in [3.63, 3.8) is 0 Å². The zero-order valence-corrected chi connectivity index (χ0v) is 18.2. The highest BCUT2D eigenvalue weighted by atomic mass is 14.9. The summed E-state index contributed by atoms with van der Waals surface area (Å²) in [5.41, 5.74) is 9.98. The molecule has 146 valence electrons. The van der Waals surface area contributed by atoms with Gasteiger partial charge in [0.05, 0.1) is 0 Å². The van der Waals surface area contributed by atoms with Crippen LogP contribution in [0, 0.1) is 19.8 Å². The third-order valence-electron chi connectivity index (χ3n) is 6.70. The van der Waals surface area contributed by atoms with Crippen LogP contribution in [0.1, 0.15) is 67.7 Å². The smallest absolute Gasteiger partial charge is 0.194 e. The molecule has 1 saturated carbocycles. The van der Waals surface area contributed by atoms with Crippen molar-refractivity contribution in [1.29, 1.82) is 0 Å². The van der Waals surface area contributed by atoms with E-state index in [1.165, 1.54) is 64.5 Å². The van der Waals surface area contributed by atoms with E-state index in [0.29, 0.717) is 5.92 Å². The summed E-state index contributed by atoms with van der Waals surface area (Å²) in [5, 5.41) is 1.39. The molecule has 0 aliphatic heterocycles. The summed E-state index contributed by atoms with van der Waals surface area (Å²) < 4.78 is 2.40. The van der Waals surface area contributed by atoms with E-state index in [4.69, 9.17) is 0 Å². The Kier molecular flexibility index (Phi) is 5.27. The average molecular weight is 373 g/mol. The fourth-order valence-electron chi connectivity index (χ4n) is 5.02. The minimum atomic E-state index is 0.650. The van der Waals surface area contributed by atoms with Crippen LogP contribution in [0.15, 0.2) is 42.5 Å².